The lowest BCUT2D eigenvalue weighted by molar-refractivity contribution is 0.0702. The van der Waals surface area contributed by atoms with Crippen molar-refractivity contribution < 1.29 is 18.3 Å². The Morgan fingerprint density at radius 1 is 1.33 bits per heavy atom. The first kappa shape index (κ1) is 15.1. The normalized spacial score (nSPS) is 12.3. The third kappa shape index (κ3) is 3.52. The number of hydrogen-bond acceptors (Lipinski definition) is 5. The molecule has 0 fully saturated rings. The van der Waals surface area contributed by atoms with Crippen molar-refractivity contribution in [1.29, 1.82) is 0 Å². The minimum Gasteiger partial charge on any atom is -0.477 e. The van der Waals surface area contributed by atoms with Crippen molar-refractivity contribution in [1.82, 2.24) is 9.21 Å². The number of hydrogen-bond donors (Lipinski definition) is 1. The van der Waals surface area contributed by atoms with Crippen molar-refractivity contribution in [2.45, 2.75) is 4.90 Å². The third-order valence-corrected chi connectivity index (χ3v) is 5.26. The highest BCUT2D eigenvalue weighted by molar-refractivity contribution is 7.89. The molecule has 0 bridgehead atoms. The van der Waals surface area contributed by atoms with E-state index in [2.05, 4.69) is 0 Å². The van der Waals surface area contributed by atoms with Crippen LogP contribution >= 0.6 is 11.3 Å². The van der Waals surface area contributed by atoms with Gasteiger partial charge in [-0.25, -0.2) is 13.2 Å². The summed E-state index contributed by atoms with van der Waals surface area (Å²) in [7, 11) is 1.60. The first-order valence-corrected chi connectivity index (χ1v) is 7.50. The van der Waals surface area contributed by atoms with Crippen molar-refractivity contribution in [2.24, 2.45) is 0 Å². The van der Waals surface area contributed by atoms with Crippen LogP contribution in [0.15, 0.2) is 16.3 Å². The second-order valence-electron chi connectivity index (χ2n) is 4.08. The molecule has 1 N–H and O–H groups in total. The maximum Gasteiger partial charge on any atom is 0.345 e. The average Bonchev–Trinajstić information content (AvgIpc) is 2.75. The van der Waals surface area contributed by atoms with Crippen molar-refractivity contribution in [3.05, 3.63) is 16.3 Å². The molecule has 0 unspecified atom stereocenters. The SMILES string of the molecule is CN(C)CCN(C)S(=O)(=O)c1csc(C(=O)O)c1. The highest BCUT2D eigenvalue weighted by atomic mass is 32.2. The molecule has 0 amide bonds. The zero-order valence-corrected chi connectivity index (χ0v) is 12.1. The fraction of sp³-hybridized carbons (Fsp3) is 0.500. The van der Waals surface area contributed by atoms with Gasteiger partial charge in [0.1, 0.15) is 4.88 Å². The molecule has 0 aliphatic heterocycles. The van der Waals surface area contributed by atoms with Gasteiger partial charge in [0, 0.05) is 25.5 Å². The van der Waals surface area contributed by atoms with Crippen LogP contribution < -0.4 is 0 Å². The monoisotopic (exact) mass is 292 g/mol. The van der Waals surface area contributed by atoms with Crippen LogP contribution in [0.2, 0.25) is 0 Å². The molecule has 0 aromatic carbocycles. The summed E-state index contributed by atoms with van der Waals surface area (Å²) in [5.41, 5.74) is 0. The minimum absolute atomic E-state index is 0.0228. The summed E-state index contributed by atoms with van der Waals surface area (Å²) in [4.78, 5) is 12.7. The van der Waals surface area contributed by atoms with Gasteiger partial charge in [0.2, 0.25) is 10.0 Å². The number of carboxylic acids is 1. The summed E-state index contributed by atoms with van der Waals surface area (Å²) >= 11 is 0.911. The molecule has 1 aromatic rings. The van der Waals surface area contributed by atoms with Crippen molar-refractivity contribution in [2.75, 3.05) is 34.2 Å². The number of nitrogens with zero attached hydrogens (tertiary/aromatic N) is 2. The lowest BCUT2D eigenvalue weighted by Gasteiger charge is -2.18. The molecular formula is C10H16N2O4S2. The maximum absolute atomic E-state index is 12.1. The minimum atomic E-state index is -3.59. The zero-order chi connectivity index (χ0) is 13.9. The Bertz CT molecular complexity index is 522. The largest absolute Gasteiger partial charge is 0.477 e. The van der Waals surface area contributed by atoms with Gasteiger partial charge in [0.05, 0.1) is 4.90 Å². The Morgan fingerprint density at radius 3 is 2.39 bits per heavy atom. The molecule has 0 aliphatic carbocycles. The van der Waals surface area contributed by atoms with Crippen molar-refractivity contribution in [3.8, 4) is 0 Å². The zero-order valence-electron chi connectivity index (χ0n) is 10.5. The number of aromatic carboxylic acids is 1. The third-order valence-electron chi connectivity index (χ3n) is 2.36. The standard InChI is InChI=1S/C10H16N2O4S2/c1-11(2)4-5-12(3)18(15,16)8-6-9(10(13)14)17-7-8/h6-7H,4-5H2,1-3H3,(H,13,14). The van der Waals surface area contributed by atoms with Gasteiger partial charge in [-0.1, -0.05) is 0 Å². The van der Waals surface area contributed by atoms with Gasteiger partial charge in [0.15, 0.2) is 0 Å². The van der Waals surface area contributed by atoms with E-state index in [-0.39, 0.29) is 9.77 Å². The fourth-order valence-electron chi connectivity index (χ4n) is 1.21. The van der Waals surface area contributed by atoms with Gasteiger partial charge in [-0.15, -0.1) is 11.3 Å². The van der Waals surface area contributed by atoms with Crippen molar-refractivity contribution in [3.63, 3.8) is 0 Å². The van der Waals surface area contributed by atoms with E-state index in [1.165, 1.54) is 22.8 Å². The molecule has 0 spiro atoms. The fourth-order valence-corrected chi connectivity index (χ4v) is 3.47. The molecule has 0 saturated carbocycles. The van der Waals surface area contributed by atoms with Gasteiger partial charge in [0.25, 0.3) is 0 Å². The summed E-state index contributed by atoms with van der Waals surface area (Å²) in [6.45, 7) is 0.958. The van der Waals surface area contributed by atoms with Crippen molar-refractivity contribution >= 4 is 27.3 Å². The summed E-state index contributed by atoms with van der Waals surface area (Å²) in [5, 5.41) is 10.1. The summed E-state index contributed by atoms with van der Waals surface area (Å²) in [6, 6.07) is 1.19. The number of carbonyl (C=O) groups is 1. The van der Waals surface area contributed by atoms with Crippen LogP contribution in [-0.2, 0) is 10.0 Å². The molecule has 1 heterocycles. The van der Waals surface area contributed by atoms with Gasteiger partial charge in [-0.2, -0.15) is 4.31 Å². The van der Waals surface area contributed by atoms with Gasteiger partial charge in [-0.3, -0.25) is 0 Å². The number of likely N-dealkylation sites (N-methyl/N-ethyl adjacent to an activating group) is 2. The molecule has 0 atom stereocenters. The predicted molar refractivity (Wildman–Crippen MR) is 69.6 cm³/mol. The van der Waals surface area contributed by atoms with E-state index in [1.54, 1.807) is 0 Å². The topological polar surface area (TPSA) is 77.9 Å². The van der Waals surface area contributed by atoms with E-state index in [1.807, 2.05) is 19.0 Å². The number of rotatable bonds is 6. The molecule has 102 valence electrons. The maximum atomic E-state index is 12.1. The van der Waals surface area contributed by atoms with Gasteiger partial charge in [-0.05, 0) is 20.2 Å². The second kappa shape index (κ2) is 5.79. The Labute approximate surface area is 110 Å². The Kier molecular flexibility index (Phi) is 4.85. The lowest BCUT2D eigenvalue weighted by Crippen LogP contribution is -2.33. The second-order valence-corrected chi connectivity index (χ2v) is 7.04. The van der Waals surface area contributed by atoms with E-state index in [0.29, 0.717) is 13.1 Å². The molecule has 0 saturated heterocycles. The molecule has 8 heteroatoms. The van der Waals surface area contributed by atoms with E-state index < -0.39 is 16.0 Å². The van der Waals surface area contributed by atoms with Gasteiger partial charge < -0.3 is 10.0 Å². The summed E-state index contributed by atoms with van der Waals surface area (Å²) in [5.74, 6) is -1.11. The average molecular weight is 292 g/mol. The molecular weight excluding hydrogens is 276 g/mol. The van der Waals surface area contributed by atoms with E-state index in [4.69, 9.17) is 5.11 Å². The predicted octanol–water partition coefficient (Wildman–Crippen LogP) is 0.628. The highest BCUT2D eigenvalue weighted by Crippen LogP contribution is 2.21. The quantitative estimate of drug-likeness (QED) is 0.832. The lowest BCUT2D eigenvalue weighted by atomic mass is 10.5. The number of thiophene rings is 1. The molecule has 18 heavy (non-hydrogen) atoms. The van der Waals surface area contributed by atoms with E-state index in [0.717, 1.165) is 11.3 Å². The molecule has 0 aliphatic rings. The van der Waals surface area contributed by atoms with Crippen LogP contribution in [0.1, 0.15) is 9.67 Å². The first-order chi connectivity index (χ1) is 8.25. The molecule has 6 nitrogen and oxygen atoms in total. The van der Waals surface area contributed by atoms with Crippen LogP contribution in [0.5, 0.6) is 0 Å². The van der Waals surface area contributed by atoms with E-state index >= 15 is 0 Å². The highest BCUT2D eigenvalue weighted by Gasteiger charge is 2.23. The number of carboxylic acid groups (broad SMARTS) is 1. The molecule has 0 radical (unpaired) electrons. The van der Waals surface area contributed by atoms with Crippen LogP contribution in [0, 0.1) is 0 Å². The molecule has 1 rings (SSSR count). The summed E-state index contributed by atoms with van der Waals surface area (Å²) < 4.78 is 25.4. The smallest absolute Gasteiger partial charge is 0.345 e. The van der Waals surface area contributed by atoms with E-state index in [9.17, 15) is 13.2 Å². The Balaban J connectivity index is 2.87. The van der Waals surface area contributed by atoms with Gasteiger partial charge >= 0.3 is 5.97 Å². The Morgan fingerprint density at radius 2 is 1.94 bits per heavy atom. The Hall–Kier alpha value is -0.960. The first-order valence-electron chi connectivity index (χ1n) is 5.18. The van der Waals surface area contributed by atoms with Crippen LogP contribution in [0.4, 0.5) is 0 Å². The number of sulfonamides is 1. The summed E-state index contributed by atoms with van der Waals surface area (Å²) in [6.07, 6.45) is 0. The van der Waals surface area contributed by atoms with Crippen LogP contribution in [0.25, 0.3) is 0 Å². The van der Waals surface area contributed by atoms with Crippen LogP contribution in [-0.4, -0.2) is 62.9 Å². The van der Waals surface area contributed by atoms with Crippen LogP contribution in [0.3, 0.4) is 0 Å². The molecule has 1 aromatic heterocycles.